The fourth-order valence-electron chi connectivity index (χ4n) is 4.53. The van der Waals surface area contributed by atoms with Gasteiger partial charge in [0, 0.05) is 41.3 Å². The lowest BCUT2D eigenvalue weighted by Crippen LogP contribution is -2.40. The number of carboxylic acids is 1. The van der Waals surface area contributed by atoms with E-state index in [1.165, 1.54) is 5.56 Å². The van der Waals surface area contributed by atoms with Gasteiger partial charge in [-0.2, -0.15) is 0 Å². The normalized spacial score (nSPS) is 14.2. The molecule has 9 nitrogen and oxygen atoms in total. The van der Waals surface area contributed by atoms with Crippen LogP contribution in [0.2, 0.25) is 5.02 Å². The number of H-pyrrole nitrogens is 1. The van der Waals surface area contributed by atoms with Crippen molar-refractivity contribution < 1.29 is 24.2 Å². The van der Waals surface area contributed by atoms with E-state index in [9.17, 15) is 4.79 Å². The second-order valence-corrected chi connectivity index (χ2v) is 10.2. The van der Waals surface area contributed by atoms with Gasteiger partial charge in [0.05, 0.1) is 29.6 Å². The SMILES string of the molecule is C=C(CCCC(=O)O)Nc1cc(Cl)cc2c(C)c(C(=C)N)[nH]c12.C=O.C=O.CN1CCOC(CCc2ccccc2)C1. The number of halogens is 1. The van der Waals surface area contributed by atoms with Crippen molar-refractivity contribution >= 4 is 53.4 Å². The number of benzene rings is 2. The number of nitrogens with zero attached hydrogens (tertiary/aromatic N) is 1. The maximum Gasteiger partial charge on any atom is 0.303 e. The first-order chi connectivity index (χ1) is 20.1. The van der Waals surface area contributed by atoms with Gasteiger partial charge in [-0.15, -0.1) is 0 Å². The second-order valence-electron chi connectivity index (χ2n) is 9.78. The number of ether oxygens (including phenoxy) is 1. The molecule has 1 aromatic heterocycles. The number of aryl methyl sites for hydroxylation is 2. The molecule has 1 unspecified atom stereocenters. The Morgan fingerprint density at radius 2 is 1.83 bits per heavy atom. The van der Waals surface area contributed by atoms with Gasteiger partial charge in [-0.1, -0.05) is 55.1 Å². The summed E-state index contributed by atoms with van der Waals surface area (Å²) in [5.41, 5.74) is 11.8. The number of fused-ring (bicyclic) bond motifs is 1. The predicted octanol–water partition coefficient (Wildman–Crippen LogP) is 5.82. The Morgan fingerprint density at radius 3 is 2.43 bits per heavy atom. The van der Waals surface area contributed by atoms with Crippen molar-refractivity contribution in [2.75, 3.05) is 32.1 Å². The molecule has 228 valence electrons. The number of allylic oxidation sites excluding steroid dienone is 1. The van der Waals surface area contributed by atoms with Crippen LogP contribution in [-0.2, 0) is 25.5 Å². The Morgan fingerprint density at radius 1 is 1.17 bits per heavy atom. The Balaban J connectivity index is 0.000000400. The minimum Gasteiger partial charge on any atom is -0.481 e. The Hall–Kier alpha value is -3.92. The zero-order chi connectivity index (χ0) is 31.7. The molecule has 42 heavy (non-hydrogen) atoms. The average molecular weight is 599 g/mol. The first-order valence-corrected chi connectivity index (χ1v) is 13.9. The quantitative estimate of drug-likeness (QED) is 0.229. The zero-order valence-corrected chi connectivity index (χ0v) is 25.3. The van der Waals surface area contributed by atoms with Gasteiger partial charge in [0.1, 0.15) is 13.6 Å². The van der Waals surface area contributed by atoms with Crippen LogP contribution in [0.1, 0.15) is 42.5 Å². The van der Waals surface area contributed by atoms with Crippen molar-refractivity contribution in [3.05, 3.63) is 83.2 Å². The molecule has 2 aromatic carbocycles. The highest BCUT2D eigenvalue weighted by Gasteiger charge is 2.17. The van der Waals surface area contributed by atoms with E-state index in [0.717, 1.165) is 66.1 Å². The molecule has 1 aliphatic rings. The molecule has 3 aromatic rings. The summed E-state index contributed by atoms with van der Waals surface area (Å²) in [6, 6.07) is 14.3. The first-order valence-electron chi connectivity index (χ1n) is 13.5. The molecule has 0 radical (unpaired) electrons. The number of anilines is 1. The molecule has 0 saturated carbocycles. The summed E-state index contributed by atoms with van der Waals surface area (Å²) in [5, 5.41) is 13.4. The van der Waals surface area contributed by atoms with E-state index in [4.69, 9.17) is 36.8 Å². The third kappa shape index (κ3) is 11.9. The maximum atomic E-state index is 10.6. The van der Waals surface area contributed by atoms with Crippen LogP contribution in [0.5, 0.6) is 0 Å². The largest absolute Gasteiger partial charge is 0.481 e. The molecule has 0 amide bonds. The molecule has 1 saturated heterocycles. The first kappa shape index (κ1) is 36.1. The number of nitrogens with two attached hydrogens (primary N) is 1. The standard InChI is InChI=1S/C17H20ClN3O2.C13H19NO.2CH2O/c1-9(5-4-6-15(22)23)20-14-8-12(18)7-13-10(2)16(11(3)19)21-17(13)14;1-14-9-10-15-13(11-14)8-7-12-5-3-2-4-6-12;2*1-2/h7-8,20-21H,1,3-6,19H2,2H3,(H,22,23);2-6,13H,7-11H2,1H3;2*1H2. The Kier molecular flexibility index (Phi) is 16.5. The Bertz CT molecular complexity index is 1290. The van der Waals surface area contributed by atoms with Crippen LogP contribution in [0.25, 0.3) is 16.6 Å². The van der Waals surface area contributed by atoms with Crippen molar-refractivity contribution in [2.24, 2.45) is 5.73 Å². The van der Waals surface area contributed by atoms with Gasteiger partial charge < -0.3 is 40.4 Å². The summed E-state index contributed by atoms with van der Waals surface area (Å²) in [6.45, 7) is 16.7. The second kappa shape index (κ2) is 19.2. The number of likely N-dealkylation sites (N-methyl/N-ethyl adjacent to an activating group) is 1. The fourth-order valence-corrected chi connectivity index (χ4v) is 4.75. The summed E-state index contributed by atoms with van der Waals surface area (Å²) >= 11 is 6.20. The number of rotatable bonds is 10. The molecular formula is C32H43ClN4O5. The highest BCUT2D eigenvalue weighted by Crippen LogP contribution is 2.33. The number of aliphatic carboxylic acids is 1. The lowest BCUT2D eigenvalue weighted by atomic mass is 10.1. The molecule has 2 heterocycles. The van der Waals surface area contributed by atoms with Gasteiger partial charge in [-0.05, 0) is 62.9 Å². The van der Waals surface area contributed by atoms with Gasteiger partial charge in [0.15, 0.2) is 0 Å². The molecule has 0 spiro atoms. The third-order valence-corrected chi connectivity index (χ3v) is 6.79. The molecule has 1 fully saturated rings. The third-order valence-electron chi connectivity index (χ3n) is 6.57. The lowest BCUT2D eigenvalue weighted by molar-refractivity contribution is -0.137. The molecule has 5 N–H and O–H groups in total. The van der Waals surface area contributed by atoms with E-state index in [-0.39, 0.29) is 6.42 Å². The van der Waals surface area contributed by atoms with E-state index in [1.807, 2.05) is 26.6 Å². The number of morpholine rings is 1. The van der Waals surface area contributed by atoms with Crippen molar-refractivity contribution in [1.82, 2.24) is 9.88 Å². The topological polar surface area (TPSA) is 138 Å². The number of carbonyl (C=O) groups excluding carboxylic acids is 2. The van der Waals surface area contributed by atoms with Gasteiger partial charge in [0.25, 0.3) is 0 Å². The highest BCUT2D eigenvalue weighted by molar-refractivity contribution is 6.32. The van der Waals surface area contributed by atoms with E-state index in [0.29, 0.717) is 29.7 Å². The minimum absolute atomic E-state index is 0.115. The number of aromatic nitrogens is 1. The van der Waals surface area contributed by atoms with E-state index >= 15 is 0 Å². The summed E-state index contributed by atoms with van der Waals surface area (Å²) in [6.07, 6.45) is 3.89. The number of hydrogen-bond donors (Lipinski definition) is 4. The zero-order valence-electron chi connectivity index (χ0n) is 24.6. The van der Waals surface area contributed by atoms with Gasteiger partial charge in [-0.3, -0.25) is 4.79 Å². The average Bonchev–Trinajstić information content (AvgIpc) is 3.31. The minimum atomic E-state index is -0.811. The number of nitrogens with one attached hydrogen (secondary N) is 2. The lowest BCUT2D eigenvalue weighted by Gasteiger charge is -2.30. The van der Waals surface area contributed by atoms with E-state index < -0.39 is 5.97 Å². The number of hydrogen-bond acceptors (Lipinski definition) is 7. The molecule has 0 aliphatic carbocycles. The van der Waals surface area contributed by atoms with Gasteiger partial charge in [0.2, 0.25) is 0 Å². The summed E-state index contributed by atoms with van der Waals surface area (Å²) < 4.78 is 5.73. The molecule has 1 aliphatic heterocycles. The monoisotopic (exact) mass is 598 g/mol. The summed E-state index contributed by atoms with van der Waals surface area (Å²) in [7, 11) is 2.16. The van der Waals surface area contributed by atoms with E-state index in [1.54, 1.807) is 6.07 Å². The molecule has 4 rings (SSSR count). The number of carbonyl (C=O) groups is 3. The van der Waals surface area contributed by atoms with Crippen LogP contribution in [-0.4, -0.2) is 67.4 Å². The highest BCUT2D eigenvalue weighted by atomic mass is 35.5. The predicted molar refractivity (Wildman–Crippen MR) is 172 cm³/mol. The van der Waals surface area contributed by atoms with Crippen LogP contribution >= 0.6 is 11.6 Å². The van der Waals surface area contributed by atoms with Crippen LogP contribution in [0, 0.1) is 6.92 Å². The van der Waals surface area contributed by atoms with Crippen LogP contribution in [0.3, 0.4) is 0 Å². The summed E-state index contributed by atoms with van der Waals surface area (Å²) in [4.78, 5) is 32.2. The summed E-state index contributed by atoms with van der Waals surface area (Å²) in [5.74, 6) is -0.811. The Labute approximate surface area is 253 Å². The molecule has 0 bridgehead atoms. The molecular weight excluding hydrogens is 556 g/mol. The van der Waals surface area contributed by atoms with Gasteiger partial charge in [-0.25, -0.2) is 0 Å². The molecule has 1 atom stereocenters. The van der Waals surface area contributed by atoms with E-state index in [2.05, 4.69) is 65.7 Å². The maximum absolute atomic E-state index is 10.6. The fraction of sp³-hybridized carbons (Fsp3) is 0.344. The van der Waals surface area contributed by atoms with Crippen LogP contribution in [0.15, 0.2) is 61.3 Å². The number of aromatic amines is 1. The molecule has 10 heteroatoms. The smallest absolute Gasteiger partial charge is 0.303 e. The van der Waals surface area contributed by atoms with Crippen molar-refractivity contribution in [3.63, 3.8) is 0 Å². The number of carboxylic acid groups (broad SMARTS) is 1. The van der Waals surface area contributed by atoms with Crippen LogP contribution < -0.4 is 11.1 Å². The van der Waals surface area contributed by atoms with Crippen molar-refractivity contribution in [1.29, 1.82) is 0 Å². The van der Waals surface area contributed by atoms with Crippen molar-refractivity contribution in [2.45, 2.75) is 45.1 Å². The van der Waals surface area contributed by atoms with Crippen molar-refractivity contribution in [3.8, 4) is 0 Å². The van der Waals surface area contributed by atoms with Crippen LogP contribution in [0.4, 0.5) is 5.69 Å². The van der Waals surface area contributed by atoms with Gasteiger partial charge >= 0.3 is 5.97 Å².